The molecule has 5 nitrogen and oxygen atoms in total. The Kier molecular flexibility index (Phi) is 6.86. The minimum Gasteiger partial charge on any atom is -0.489 e. The molecule has 4 aromatic rings. The van der Waals surface area contributed by atoms with E-state index < -0.39 is 0 Å². The minimum absolute atomic E-state index is 0.120. The largest absolute Gasteiger partial charge is 0.489 e. The van der Waals surface area contributed by atoms with Crippen LogP contribution in [-0.4, -0.2) is 15.9 Å². The second-order valence-corrected chi connectivity index (χ2v) is 9.59. The molecule has 0 unspecified atom stereocenters. The number of nitrogens with zero attached hydrogens (tertiary/aromatic N) is 3. The van der Waals surface area contributed by atoms with E-state index in [4.69, 9.17) is 9.72 Å². The topological polar surface area (TPSA) is 56.5 Å². The van der Waals surface area contributed by atoms with Crippen molar-refractivity contribution in [1.82, 2.24) is 9.66 Å². The van der Waals surface area contributed by atoms with E-state index in [1.54, 1.807) is 6.21 Å². The maximum absolute atomic E-state index is 13.3. The van der Waals surface area contributed by atoms with Gasteiger partial charge in [-0.2, -0.15) is 9.78 Å². The summed E-state index contributed by atoms with van der Waals surface area (Å²) in [6, 6.07) is 23.3. The first-order chi connectivity index (χ1) is 16.7. The Morgan fingerprint density at radius 3 is 2.62 bits per heavy atom. The van der Waals surface area contributed by atoms with Crippen LogP contribution in [0.15, 0.2) is 87.2 Å². The summed E-state index contributed by atoms with van der Waals surface area (Å²) in [7, 11) is 0. The molecular formula is C28H26BrN3O2. The molecule has 1 fully saturated rings. The van der Waals surface area contributed by atoms with Gasteiger partial charge in [0.15, 0.2) is 0 Å². The van der Waals surface area contributed by atoms with Crippen molar-refractivity contribution in [1.29, 1.82) is 0 Å². The summed E-state index contributed by atoms with van der Waals surface area (Å²) in [5.74, 6) is 1.77. The molecule has 0 amide bonds. The van der Waals surface area contributed by atoms with Crippen LogP contribution in [0, 0.1) is 0 Å². The monoisotopic (exact) mass is 515 g/mol. The van der Waals surface area contributed by atoms with Gasteiger partial charge in [-0.15, -0.1) is 0 Å². The lowest BCUT2D eigenvalue weighted by Gasteiger charge is -2.22. The van der Waals surface area contributed by atoms with E-state index in [1.807, 2.05) is 72.8 Å². The van der Waals surface area contributed by atoms with Crippen molar-refractivity contribution in [3.8, 4) is 5.75 Å². The molecule has 0 atom stereocenters. The molecule has 1 heterocycles. The maximum atomic E-state index is 13.3. The van der Waals surface area contributed by atoms with Crippen molar-refractivity contribution in [3.05, 3.63) is 105 Å². The second-order valence-electron chi connectivity index (χ2n) is 8.67. The molecule has 0 bridgehead atoms. The van der Waals surface area contributed by atoms with Crippen LogP contribution in [0.4, 0.5) is 0 Å². The van der Waals surface area contributed by atoms with Crippen molar-refractivity contribution in [3.63, 3.8) is 0 Å². The van der Waals surface area contributed by atoms with Gasteiger partial charge < -0.3 is 4.74 Å². The van der Waals surface area contributed by atoms with E-state index in [9.17, 15) is 4.79 Å². The molecule has 0 saturated heterocycles. The Morgan fingerprint density at radius 1 is 1.00 bits per heavy atom. The lowest BCUT2D eigenvalue weighted by atomic mass is 9.88. The van der Waals surface area contributed by atoms with Crippen molar-refractivity contribution >= 4 is 33.0 Å². The van der Waals surface area contributed by atoms with Gasteiger partial charge in [0.2, 0.25) is 0 Å². The molecular weight excluding hydrogens is 490 g/mol. The third-order valence-corrected chi connectivity index (χ3v) is 6.78. The van der Waals surface area contributed by atoms with E-state index in [0.29, 0.717) is 12.0 Å². The zero-order chi connectivity index (χ0) is 23.3. The zero-order valence-corrected chi connectivity index (χ0v) is 20.4. The molecule has 0 aliphatic heterocycles. The number of rotatable bonds is 6. The summed E-state index contributed by atoms with van der Waals surface area (Å²) < 4.78 is 8.52. The summed E-state index contributed by atoms with van der Waals surface area (Å²) >= 11 is 3.45. The normalized spacial score (nSPS) is 14.6. The van der Waals surface area contributed by atoms with Gasteiger partial charge in [0, 0.05) is 10.4 Å². The van der Waals surface area contributed by atoms with Crippen LogP contribution in [-0.2, 0) is 6.61 Å². The quantitative estimate of drug-likeness (QED) is 0.269. The standard InChI is InChI=1S/C28H26BrN3O2/c29-23-15-13-20(14-16-23)19-34-24-10-6-7-21(17-24)18-30-32-27(22-8-2-1-3-9-22)31-26-12-5-4-11-25(26)28(32)33/h4-7,10-18,22H,1-3,8-9,19H2. The highest BCUT2D eigenvalue weighted by molar-refractivity contribution is 9.10. The van der Waals surface area contributed by atoms with Gasteiger partial charge in [-0.05, 0) is 60.4 Å². The molecule has 0 spiro atoms. The highest BCUT2D eigenvalue weighted by Gasteiger charge is 2.22. The summed E-state index contributed by atoms with van der Waals surface area (Å²) in [5, 5.41) is 5.21. The first-order valence-electron chi connectivity index (χ1n) is 11.7. The number of para-hydroxylation sites is 1. The number of halogens is 1. The number of fused-ring (bicyclic) bond motifs is 1. The highest BCUT2D eigenvalue weighted by atomic mass is 79.9. The zero-order valence-electron chi connectivity index (χ0n) is 18.9. The number of ether oxygens (including phenoxy) is 1. The Hall–Kier alpha value is -3.25. The average Bonchev–Trinajstić information content (AvgIpc) is 2.88. The van der Waals surface area contributed by atoms with Gasteiger partial charge in [-0.1, -0.05) is 71.6 Å². The maximum Gasteiger partial charge on any atom is 0.282 e. The van der Waals surface area contributed by atoms with Crippen LogP contribution in [0.5, 0.6) is 5.75 Å². The predicted octanol–water partition coefficient (Wildman–Crippen LogP) is 6.67. The van der Waals surface area contributed by atoms with Crippen LogP contribution in [0.25, 0.3) is 10.9 Å². The number of benzene rings is 3. The molecule has 172 valence electrons. The fourth-order valence-corrected chi connectivity index (χ4v) is 4.70. The molecule has 1 aromatic heterocycles. The summed E-state index contributed by atoms with van der Waals surface area (Å²) in [5.41, 5.74) is 2.57. The number of hydrogen-bond acceptors (Lipinski definition) is 4. The Morgan fingerprint density at radius 2 is 1.79 bits per heavy atom. The van der Waals surface area contributed by atoms with Crippen molar-refractivity contribution < 1.29 is 4.74 Å². The van der Waals surface area contributed by atoms with Crippen LogP contribution in [0.1, 0.15) is 55.0 Å². The molecule has 34 heavy (non-hydrogen) atoms. The van der Waals surface area contributed by atoms with Crippen molar-refractivity contribution in [2.45, 2.75) is 44.6 Å². The number of aromatic nitrogens is 2. The summed E-state index contributed by atoms with van der Waals surface area (Å²) in [6.45, 7) is 0.480. The molecule has 3 aromatic carbocycles. The average molecular weight is 516 g/mol. The SMILES string of the molecule is O=c1c2ccccc2nc(C2CCCCC2)n1N=Cc1cccc(OCc2ccc(Br)cc2)c1. The Balaban J connectivity index is 1.43. The van der Waals surface area contributed by atoms with Gasteiger partial charge in [0.05, 0.1) is 17.1 Å². The Bertz CT molecular complexity index is 1370. The summed E-state index contributed by atoms with van der Waals surface area (Å²) in [6.07, 6.45) is 7.37. The van der Waals surface area contributed by atoms with E-state index in [2.05, 4.69) is 21.0 Å². The van der Waals surface area contributed by atoms with Crippen LogP contribution in [0.2, 0.25) is 0 Å². The first kappa shape index (κ1) is 22.5. The molecule has 0 N–H and O–H groups in total. The predicted molar refractivity (Wildman–Crippen MR) is 140 cm³/mol. The van der Waals surface area contributed by atoms with Crippen molar-refractivity contribution in [2.24, 2.45) is 5.10 Å². The van der Waals surface area contributed by atoms with Gasteiger partial charge in [-0.3, -0.25) is 4.79 Å². The lowest BCUT2D eigenvalue weighted by Crippen LogP contribution is -2.25. The smallest absolute Gasteiger partial charge is 0.282 e. The van der Waals surface area contributed by atoms with Crippen molar-refractivity contribution in [2.75, 3.05) is 0 Å². The molecule has 1 aliphatic rings. The molecule has 5 rings (SSSR count). The summed E-state index contributed by atoms with van der Waals surface area (Å²) in [4.78, 5) is 18.2. The highest BCUT2D eigenvalue weighted by Crippen LogP contribution is 2.31. The molecule has 0 radical (unpaired) electrons. The van der Waals surface area contributed by atoms with Gasteiger partial charge in [0.1, 0.15) is 18.2 Å². The second kappa shape index (κ2) is 10.3. The minimum atomic E-state index is -0.120. The van der Waals surface area contributed by atoms with Gasteiger partial charge in [-0.25, -0.2) is 4.98 Å². The van der Waals surface area contributed by atoms with Crippen LogP contribution < -0.4 is 10.3 Å². The van der Waals surface area contributed by atoms with Crippen LogP contribution in [0.3, 0.4) is 0 Å². The van der Waals surface area contributed by atoms with E-state index in [0.717, 1.165) is 58.4 Å². The van der Waals surface area contributed by atoms with Gasteiger partial charge >= 0.3 is 0 Å². The van der Waals surface area contributed by atoms with E-state index >= 15 is 0 Å². The third kappa shape index (κ3) is 5.12. The lowest BCUT2D eigenvalue weighted by molar-refractivity contribution is 0.306. The molecule has 1 aliphatic carbocycles. The van der Waals surface area contributed by atoms with E-state index in [-0.39, 0.29) is 11.5 Å². The van der Waals surface area contributed by atoms with Crippen LogP contribution >= 0.6 is 15.9 Å². The number of hydrogen-bond donors (Lipinski definition) is 0. The van der Waals surface area contributed by atoms with E-state index in [1.165, 1.54) is 11.1 Å². The fraction of sp³-hybridized carbons (Fsp3) is 0.250. The first-order valence-corrected chi connectivity index (χ1v) is 12.5. The van der Waals surface area contributed by atoms with Gasteiger partial charge in [0.25, 0.3) is 5.56 Å². The third-order valence-electron chi connectivity index (χ3n) is 6.25. The fourth-order valence-electron chi connectivity index (χ4n) is 4.43. The molecule has 6 heteroatoms. The molecule has 1 saturated carbocycles. The Labute approximate surface area is 207 Å².